The van der Waals surface area contributed by atoms with Crippen LogP contribution in [-0.4, -0.2) is 36.5 Å². The lowest BCUT2D eigenvalue weighted by molar-refractivity contribution is -0.128. The molecule has 1 heterocycles. The van der Waals surface area contributed by atoms with Crippen molar-refractivity contribution in [1.29, 1.82) is 0 Å². The molecule has 0 spiro atoms. The summed E-state index contributed by atoms with van der Waals surface area (Å²) in [5.74, 6) is -0.181. The van der Waals surface area contributed by atoms with E-state index in [-0.39, 0.29) is 11.9 Å². The van der Waals surface area contributed by atoms with Crippen molar-refractivity contribution in [1.82, 2.24) is 4.90 Å². The van der Waals surface area contributed by atoms with Crippen molar-refractivity contribution in [2.24, 2.45) is 16.9 Å². The van der Waals surface area contributed by atoms with Gasteiger partial charge in [-0.05, 0) is 31.2 Å². The van der Waals surface area contributed by atoms with Crippen LogP contribution in [0.1, 0.15) is 19.3 Å². The van der Waals surface area contributed by atoms with Crippen molar-refractivity contribution in [3.63, 3.8) is 0 Å². The van der Waals surface area contributed by atoms with Gasteiger partial charge in [0, 0.05) is 13.1 Å². The molecule has 0 bridgehead atoms. The number of hydrogen-bond acceptors (Lipinski definition) is 3. The smallest absolute Gasteiger partial charge is 0.234 e. The maximum Gasteiger partial charge on any atom is 0.234 e. The maximum atomic E-state index is 10.9. The summed E-state index contributed by atoms with van der Waals surface area (Å²) in [4.78, 5) is 13.1. The predicted octanol–water partition coefficient (Wildman–Crippen LogP) is -0.715. The minimum Gasteiger partial charge on any atom is -0.368 e. The van der Waals surface area contributed by atoms with E-state index in [1.165, 1.54) is 12.8 Å². The molecule has 4 heteroatoms. The van der Waals surface area contributed by atoms with Crippen LogP contribution >= 0.6 is 0 Å². The zero-order valence-corrected chi connectivity index (χ0v) is 7.83. The predicted molar refractivity (Wildman–Crippen MR) is 49.9 cm³/mol. The SMILES string of the molecule is NCC1(CN2CCC2C(N)=O)CC1. The van der Waals surface area contributed by atoms with Crippen LogP contribution < -0.4 is 11.5 Å². The highest BCUT2D eigenvalue weighted by Gasteiger charge is 2.46. The van der Waals surface area contributed by atoms with Crippen molar-refractivity contribution in [3.05, 3.63) is 0 Å². The number of likely N-dealkylation sites (tertiary alicyclic amines) is 1. The molecule has 2 aliphatic rings. The Kier molecular flexibility index (Phi) is 2.04. The second-order valence-electron chi connectivity index (χ2n) is 4.38. The number of carbonyl (C=O) groups is 1. The highest BCUT2D eigenvalue weighted by Crippen LogP contribution is 2.46. The molecule has 2 fully saturated rings. The van der Waals surface area contributed by atoms with Crippen LogP contribution in [0.5, 0.6) is 0 Å². The van der Waals surface area contributed by atoms with Crippen LogP contribution in [0.4, 0.5) is 0 Å². The van der Waals surface area contributed by atoms with Crippen LogP contribution in [0, 0.1) is 5.41 Å². The Balaban J connectivity index is 1.86. The largest absolute Gasteiger partial charge is 0.368 e. The van der Waals surface area contributed by atoms with E-state index >= 15 is 0 Å². The fourth-order valence-corrected chi connectivity index (χ4v) is 1.99. The molecule has 4 nitrogen and oxygen atoms in total. The third kappa shape index (κ3) is 1.56. The Bertz CT molecular complexity index is 225. The van der Waals surface area contributed by atoms with Crippen LogP contribution in [0.25, 0.3) is 0 Å². The number of primary amides is 1. The van der Waals surface area contributed by atoms with Gasteiger partial charge < -0.3 is 11.5 Å². The molecule has 1 amide bonds. The third-order valence-electron chi connectivity index (χ3n) is 3.39. The Morgan fingerprint density at radius 3 is 2.54 bits per heavy atom. The molecule has 1 aliphatic carbocycles. The van der Waals surface area contributed by atoms with E-state index < -0.39 is 0 Å². The first-order valence-electron chi connectivity index (χ1n) is 4.90. The van der Waals surface area contributed by atoms with Gasteiger partial charge in [0.1, 0.15) is 0 Å². The monoisotopic (exact) mass is 183 g/mol. The first kappa shape index (κ1) is 8.97. The lowest BCUT2D eigenvalue weighted by atomic mass is 9.98. The van der Waals surface area contributed by atoms with Crippen molar-refractivity contribution in [2.75, 3.05) is 19.6 Å². The van der Waals surface area contributed by atoms with E-state index in [0.29, 0.717) is 5.41 Å². The van der Waals surface area contributed by atoms with Gasteiger partial charge in [0.15, 0.2) is 0 Å². The van der Waals surface area contributed by atoms with Gasteiger partial charge in [0.05, 0.1) is 6.04 Å². The van der Waals surface area contributed by atoms with Crippen LogP contribution in [0.2, 0.25) is 0 Å². The van der Waals surface area contributed by atoms with E-state index in [4.69, 9.17) is 11.5 Å². The van der Waals surface area contributed by atoms with Gasteiger partial charge >= 0.3 is 0 Å². The molecule has 1 atom stereocenters. The van der Waals surface area contributed by atoms with E-state index in [0.717, 1.165) is 26.1 Å². The van der Waals surface area contributed by atoms with Crippen LogP contribution in [-0.2, 0) is 4.79 Å². The molecule has 13 heavy (non-hydrogen) atoms. The summed E-state index contributed by atoms with van der Waals surface area (Å²) in [6, 6.07) is -0.0102. The number of carbonyl (C=O) groups excluding carboxylic acids is 1. The molecular formula is C9H17N3O. The average Bonchev–Trinajstić information content (AvgIpc) is 2.78. The Hall–Kier alpha value is -0.610. The highest BCUT2D eigenvalue weighted by atomic mass is 16.1. The summed E-state index contributed by atoms with van der Waals surface area (Å²) < 4.78 is 0. The normalized spacial score (nSPS) is 31.0. The molecule has 2 rings (SSSR count). The molecular weight excluding hydrogens is 166 g/mol. The van der Waals surface area contributed by atoms with Crippen LogP contribution in [0.3, 0.4) is 0 Å². The van der Waals surface area contributed by atoms with Gasteiger partial charge in [-0.15, -0.1) is 0 Å². The van der Waals surface area contributed by atoms with Crippen molar-refractivity contribution in [3.8, 4) is 0 Å². The van der Waals surface area contributed by atoms with E-state index in [1.807, 2.05) is 0 Å². The number of rotatable bonds is 4. The van der Waals surface area contributed by atoms with Gasteiger partial charge in [-0.25, -0.2) is 0 Å². The minimum absolute atomic E-state index is 0.0102. The summed E-state index contributed by atoms with van der Waals surface area (Å²) in [7, 11) is 0. The molecule has 74 valence electrons. The van der Waals surface area contributed by atoms with Crippen molar-refractivity contribution < 1.29 is 4.79 Å². The molecule has 1 aliphatic heterocycles. The Labute approximate surface area is 78.2 Å². The average molecular weight is 183 g/mol. The summed E-state index contributed by atoms with van der Waals surface area (Å²) >= 11 is 0. The lowest BCUT2D eigenvalue weighted by Crippen LogP contribution is -2.56. The topological polar surface area (TPSA) is 72.3 Å². The highest BCUT2D eigenvalue weighted by molar-refractivity contribution is 5.80. The zero-order valence-electron chi connectivity index (χ0n) is 7.83. The van der Waals surface area contributed by atoms with E-state index in [2.05, 4.69) is 4.90 Å². The van der Waals surface area contributed by atoms with Gasteiger partial charge in [0.25, 0.3) is 0 Å². The van der Waals surface area contributed by atoms with Crippen molar-refractivity contribution in [2.45, 2.75) is 25.3 Å². The number of nitrogens with two attached hydrogens (primary N) is 2. The third-order valence-corrected chi connectivity index (χ3v) is 3.39. The van der Waals surface area contributed by atoms with Gasteiger partial charge in [-0.3, -0.25) is 9.69 Å². The Morgan fingerprint density at radius 1 is 1.54 bits per heavy atom. The minimum atomic E-state index is -0.181. The first-order chi connectivity index (χ1) is 6.17. The molecule has 1 saturated heterocycles. The summed E-state index contributed by atoms with van der Waals surface area (Å²) in [6.07, 6.45) is 3.35. The van der Waals surface area contributed by atoms with Crippen LogP contribution in [0.15, 0.2) is 0 Å². The maximum absolute atomic E-state index is 10.9. The van der Waals surface area contributed by atoms with Gasteiger partial charge in [-0.1, -0.05) is 0 Å². The van der Waals surface area contributed by atoms with E-state index in [9.17, 15) is 4.79 Å². The number of hydrogen-bond donors (Lipinski definition) is 2. The summed E-state index contributed by atoms with van der Waals surface area (Å²) in [5, 5.41) is 0. The van der Waals surface area contributed by atoms with Gasteiger partial charge in [-0.2, -0.15) is 0 Å². The molecule has 4 N–H and O–H groups in total. The molecule has 0 aromatic carbocycles. The fraction of sp³-hybridized carbons (Fsp3) is 0.889. The molecule has 1 saturated carbocycles. The zero-order chi connectivity index (χ0) is 9.47. The quantitative estimate of drug-likeness (QED) is 0.604. The molecule has 0 radical (unpaired) electrons. The molecule has 0 aromatic rings. The standard InChI is InChI=1S/C9H17N3O/c10-5-9(2-3-9)6-12-4-1-7(12)8(11)13/h7H,1-6,10H2,(H2,11,13). The van der Waals surface area contributed by atoms with E-state index in [1.54, 1.807) is 0 Å². The number of nitrogens with zero attached hydrogens (tertiary/aromatic N) is 1. The number of amides is 1. The fourth-order valence-electron chi connectivity index (χ4n) is 1.99. The second-order valence-corrected chi connectivity index (χ2v) is 4.38. The molecule has 1 unspecified atom stereocenters. The molecule has 0 aromatic heterocycles. The summed E-state index contributed by atoms with van der Waals surface area (Å²) in [6.45, 7) is 2.72. The lowest BCUT2D eigenvalue weighted by Gasteiger charge is -2.40. The summed E-state index contributed by atoms with van der Waals surface area (Å²) in [5.41, 5.74) is 11.3. The Morgan fingerprint density at radius 2 is 2.23 bits per heavy atom. The van der Waals surface area contributed by atoms with Gasteiger partial charge in [0.2, 0.25) is 5.91 Å². The van der Waals surface area contributed by atoms with Crippen molar-refractivity contribution >= 4 is 5.91 Å². The first-order valence-corrected chi connectivity index (χ1v) is 4.90. The second kappa shape index (κ2) is 2.96.